The topological polar surface area (TPSA) is 0 Å². The summed E-state index contributed by atoms with van der Waals surface area (Å²) in [5, 5.41) is 0. The molecule has 0 saturated heterocycles. The fourth-order valence-corrected chi connectivity index (χ4v) is 5.08. The molecule has 0 bridgehead atoms. The Balaban J connectivity index is 0. The SMILES string of the molecule is CC.CC.CC.CC1CCC(C)CC(C)CCCC(C2CCCCC2)CC1. The van der Waals surface area contributed by atoms with Gasteiger partial charge in [-0.3, -0.25) is 0 Å². The Kier molecular flexibility index (Phi) is 22.4. The predicted molar refractivity (Wildman–Crippen MR) is 129 cm³/mol. The highest BCUT2D eigenvalue weighted by Gasteiger charge is 2.24. The Hall–Kier alpha value is 0. The lowest BCUT2D eigenvalue weighted by atomic mass is 9.74. The summed E-state index contributed by atoms with van der Waals surface area (Å²) >= 11 is 0. The molecule has 166 valence electrons. The van der Waals surface area contributed by atoms with Crippen molar-refractivity contribution in [2.45, 2.75) is 146 Å². The molecule has 2 fully saturated rings. The van der Waals surface area contributed by atoms with Crippen molar-refractivity contribution < 1.29 is 0 Å². The maximum absolute atomic E-state index is 2.51. The highest BCUT2D eigenvalue weighted by atomic mass is 14.3. The summed E-state index contributed by atoms with van der Waals surface area (Å²) in [6.07, 6.45) is 19.6. The van der Waals surface area contributed by atoms with Gasteiger partial charge < -0.3 is 0 Å². The first-order valence-electron chi connectivity index (χ1n) is 13.1. The fraction of sp³-hybridized carbons (Fsp3) is 1.00. The molecule has 2 aliphatic rings. The third kappa shape index (κ3) is 14.6. The van der Waals surface area contributed by atoms with E-state index in [9.17, 15) is 0 Å². The fourth-order valence-electron chi connectivity index (χ4n) is 5.08. The van der Waals surface area contributed by atoms with E-state index >= 15 is 0 Å². The van der Waals surface area contributed by atoms with Crippen LogP contribution in [0.3, 0.4) is 0 Å². The minimum atomic E-state index is 0.955. The zero-order valence-corrected chi connectivity index (χ0v) is 21.1. The van der Waals surface area contributed by atoms with Crippen LogP contribution >= 0.6 is 0 Å². The molecule has 0 aromatic carbocycles. The number of rotatable bonds is 1. The first-order chi connectivity index (χ1) is 13.1. The van der Waals surface area contributed by atoms with E-state index in [4.69, 9.17) is 0 Å². The Morgan fingerprint density at radius 1 is 0.370 bits per heavy atom. The maximum Gasteiger partial charge on any atom is -0.0386 e. The monoisotopic (exact) mass is 382 g/mol. The van der Waals surface area contributed by atoms with Crippen LogP contribution in [0.15, 0.2) is 0 Å². The van der Waals surface area contributed by atoms with Gasteiger partial charge in [0.05, 0.1) is 0 Å². The predicted octanol–water partition coefficient (Wildman–Crippen LogP) is 10.3. The minimum absolute atomic E-state index is 0.955. The molecule has 0 spiro atoms. The van der Waals surface area contributed by atoms with Crippen LogP contribution in [-0.2, 0) is 0 Å². The first-order valence-corrected chi connectivity index (χ1v) is 13.1. The van der Waals surface area contributed by atoms with Gasteiger partial charge >= 0.3 is 0 Å². The van der Waals surface area contributed by atoms with E-state index < -0.39 is 0 Å². The van der Waals surface area contributed by atoms with Gasteiger partial charge in [0.1, 0.15) is 0 Å². The zero-order chi connectivity index (χ0) is 21.1. The molecule has 0 heterocycles. The Morgan fingerprint density at radius 2 is 0.778 bits per heavy atom. The molecule has 0 aromatic heterocycles. The molecule has 0 amide bonds. The molecule has 0 heteroatoms. The second-order valence-corrected chi connectivity index (χ2v) is 8.79. The normalized spacial score (nSPS) is 30.6. The van der Waals surface area contributed by atoms with E-state index in [-0.39, 0.29) is 0 Å². The lowest BCUT2D eigenvalue weighted by Gasteiger charge is -2.32. The summed E-state index contributed by atoms with van der Waals surface area (Å²) in [6, 6.07) is 0. The molecular formula is C27H58. The van der Waals surface area contributed by atoms with Crippen molar-refractivity contribution in [1.82, 2.24) is 0 Å². The summed E-state index contributed by atoms with van der Waals surface area (Å²) in [4.78, 5) is 0. The van der Waals surface area contributed by atoms with Crippen molar-refractivity contribution in [1.29, 1.82) is 0 Å². The molecule has 0 radical (unpaired) electrons. The second-order valence-electron chi connectivity index (χ2n) is 8.79. The van der Waals surface area contributed by atoms with Crippen molar-refractivity contribution in [3.05, 3.63) is 0 Å². The summed E-state index contributed by atoms with van der Waals surface area (Å²) < 4.78 is 0. The third-order valence-electron chi connectivity index (χ3n) is 6.58. The van der Waals surface area contributed by atoms with Gasteiger partial charge in [0, 0.05) is 0 Å². The van der Waals surface area contributed by atoms with E-state index in [1.807, 2.05) is 41.5 Å². The van der Waals surface area contributed by atoms with Gasteiger partial charge in [0.2, 0.25) is 0 Å². The molecule has 4 atom stereocenters. The van der Waals surface area contributed by atoms with E-state index in [0.29, 0.717) is 0 Å². The van der Waals surface area contributed by atoms with Crippen molar-refractivity contribution in [3.63, 3.8) is 0 Å². The van der Waals surface area contributed by atoms with Gasteiger partial charge in [-0.25, -0.2) is 0 Å². The van der Waals surface area contributed by atoms with Crippen LogP contribution in [0.25, 0.3) is 0 Å². The molecule has 27 heavy (non-hydrogen) atoms. The molecular weight excluding hydrogens is 324 g/mol. The van der Waals surface area contributed by atoms with Gasteiger partial charge in [0.25, 0.3) is 0 Å². The molecule has 2 aliphatic carbocycles. The highest BCUT2D eigenvalue weighted by Crippen LogP contribution is 2.37. The lowest BCUT2D eigenvalue weighted by Crippen LogP contribution is -2.20. The zero-order valence-electron chi connectivity index (χ0n) is 21.1. The molecule has 0 aromatic rings. The average molecular weight is 383 g/mol. The van der Waals surface area contributed by atoms with Crippen LogP contribution in [0.1, 0.15) is 146 Å². The summed E-state index contributed by atoms with van der Waals surface area (Å²) in [5.74, 6) is 5.03. The van der Waals surface area contributed by atoms with E-state index in [1.54, 1.807) is 12.8 Å². The van der Waals surface area contributed by atoms with E-state index in [1.165, 1.54) is 70.6 Å². The Labute approximate surface area is 175 Å². The molecule has 0 nitrogen and oxygen atoms in total. The van der Waals surface area contributed by atoms with Gasteiger partial charge in [-0.05, 0) is 42.4 Å². The van der Waals surface area contributed by atoms with Crippen molar-refractivity contribution >= 4 is 0 Å². The molecule has 2 saturated carbocycles. The second kappa shape index (κ2) is 20.7. The van der Waals surface area contributed by atoms with Crippen LogP contribution in [-0.4, -0.2) is 0 Å². The molecule has 2 rings (SSSR count). The highest BCUT2D eigenvalue weighted by molar-refractivity contribution is 4.76. The van der Waals surface area contributed by atoms with Crippen LogP contribution in [0, 0.1) is 29.6 Å². The average Bonchev–Trinajstić information content (AvgIpc) is 2.73. The van der Waals surface area contributed by atoms with E-state index in [0.717, 1.165) is 29.6 Å². The van der Waals surface area contributed by atoms with E-state index in [2.05, 4.69) is 20.8 Å². The summed E-state index contributed by atoms with van der Waals surface area (Å²) in [5.41, 5.74) is 0. The number of hydrogen-bond donors (Lipinski definition) is 0. The van der Waals surface area contributed by atoms with Gasteiger partial charge in [-0.2, -0.15) is 0 Å². The van der Waals surface area contributed by atoms with Crippen molar-refractivity contribution in [2.24, 2.45) is 29.6 Å². The Bertz CT molecular complexity index is 263. The minimum Gasteiger partial charge on any atom is -0.0683 e. The molecule has 0 aliphatic heterocycles. The molecule has 4 unspecified atom stereocenters. The maximum atomic E-state index is 2.51. The third-order valence-corrected chi connectivity index (χ3v) is 6.58. The van der Waals surface area contributed by atoms with Crippen LogP contribution < -0.4 is 0 Å². The smallest absolute Gasteiger partial charge is 0.0386 e. The van der Waals surface area contributed by atoms with Crippen molar-refractivity contribution in [3.8, 4) is 0 Å². The first kappa shape index (κ1) is 29.2. The van der Waals surface area contributed by atoms with Crippen LogP contribution in [0.5, 0.6) is 0 Å². The largest absolute Gasteiger partial charge is 0.0683 e. The standard InChI is InChI=1S/C21H40.3C2H6/c1-17-12-13-19(3)16-18(2)8-7-11-21(15-14-17)20-9-5-4-6-10-20;3*1-2/h17-21H,4-16H2,1-3H3;3*1-2H3. The molecule has 0 N–H and O–H groups in total. The quantitative estimate of drug-likeness (QED) is 0.423. The van der Waals surface area contributed by atoms with Gasteiger partial charge in [-0.15, -0.1) is 0 Å². The van der Waals surface area contributed by atoms with Crippen LogP contribution in [0.2, 0.25) is 0 Å². The lowest BCUT2D eigenvalue weighted by molar-refractivity contribution is 0.198. The summed E-state index contributed by atoms with van der Waals surface area (Å²) in [6.45, 7) is 19.5. The van der Waals surface area contributed by atoms with Gasteiger partial charge in [-0.1, -0.05) is 133 Å². The van der Waals surface area contributed by atoms with Gasteiger partial charge in [0.15, 0.2) is 0 Å². The summed E-state index contributed by atoms with van der Waals surface area (Å²) in [7, 11) is 0. The Morgan fingerprint density at radius 3 is 1.37 bits per heavy atom. The van der Waals surface area contributed by atoms with Crippen molar-refractivity contribution in [2.75, 3.05) is 0 Å². The number of hydrogen-bond acceptors (Lipinski definition) is 0. The van der Waals surface area contributed by atoms with Crippen LogP contribution in [0.4, 0.5) is 0 Å².